The second-order valence-electron chi connectivity index (χ2n) is 3.29. The molecule has 0 aliphatic heterocycles. The van der Waals surface area contributed by atoms with Gasteiger partial charge in [0.15, 0.2) is 5.82 Å². The fourth-order valence-corrected chi connectivity index (χ4v) is 1.51. The van der Waals surface area contributed by atoms with Gasteiger partial charge in [0, 0.05) is 0 Å². The second kappa shape index (κ2) is 3.27. The van der Waals surface area contributed by atoms with Crippen LogP contribution in [0.15, 0.2) is 36.7 Å². The summed E-state index contributed by atoms with van der Waals surface area (Å²) < 4.78 is 1.61. The molecule has 78 valence electrons. The number of nitrogens with two attached hydrogens (primary N) is 1. The van der Waals surface area contributed by atoms with Crippen molar-refractivity contribution in [2.45, 2.75) is 0 Å². The first kappa shape index (κ1) is 8.78. The number of anilines is 1. The largest absolute Gasteiger partial charge is 0.382 e. The van der Waals surface area contributed by atoms with Crippen LogP contribution in [0, 0.1) is 0 Å². The molecule has 0 aliphatic carbocycles. The van der Waals surface area contributed by atoms with Gasteiger partial charge in [-0.25, -0.2) is 4.98 Å². The first-order valence-electron chi connectivity index (χ1n) is 4.73. The van der Waals surface area contributed by atoms with Crippen molar-refractivity contribution >= 4 is 16.9 Å². The lowest BCUT2D eigenvalue weighted by Crippen LogP contribution is -2.02. The Balaban J connectivity index is 2.26. The zero-order chi connectivity index (χ0) is 11.0. The highest BCUT2D eigenvalue weighted by Gasteiger charge is 2.06. The van der Waals surface area contributed by atoms with Crippen molar-refractivity contribution in [3.8, 4) is 5.82 Å². The van der Waals surface area contributed by atoms with Crippen LogP contribution in [-0.4, -0.2) is 25.0 Å². The van der Waals surface area contributed by atoms with Gasteiger partial charge in [0.1, 0.15) is 11.3 Å². The van der Waals surface area contributed by atoms with Crippen LogP contribution in [-0.2, 0) is 0 Å². The van der Waals surface area contributed by atoms with Crippen molar-refractivity contribution in [1.29, 1.82) is 0 Å². The van der Waals surface area contributed by atoms with Crippen LogP contribution in [0.2, 0.25) is 0 Å². The van der Waals surface area contributed by atoms with E-state index in [0.717, 1.165) is 11.0 Å². The average Bonchev–Trinajstić information content (AvgIpc) is 2.72. The minimum absolute atomic E-state index is 0.358. The normalized spacial score (nSPS) is 10.8. The molecule has 0 saturated carbocycles. The zero-order valence-electron chi connectivity index (χ0n) is 8.28. The van der Waals surface area contributed by atoms with E-state index in [1.807, 2.05) is 24.3 Å². The number of aromatic nitrogens is 5. The van der Waals surface area contributed by atoms with Crippen molar-refractivity contribution in [2.24, 2.45) is 0 Å². The lowest BCUT2D eigenvalue weighted by molar-refractivity contribution is 0.797. The number of nitrogen functional groups attached to an aromatic ring is 1. The van der Waals surface area contributed by atoms with Crippen molar-refractivity contribution < 1.29 is 0 Å². The molecular formula is C10H8N6. The van der Waals surface area contributed by atoms with E-state index in [2.05, 4.69) is 20.3 Å². The molecule has 0 spiro atoms. The number of hydrogen-bond donors (Lipinski definition) is 1. The molecular weight excluding hydrogens is 204 g/mol. The van der Waals surface area contributed by atoms with Crippen LogP contribution in [0.3, 0.4) is 0 Å². The predicted molar refractivity (Wildman–Crippen MR) is 58.9 cm³/mol. The summed E-state index contributed by atoms with van der Waals surface area (Å²) in [6.07, 6.45) is 3.08. The van der Waals surface area contributed by atoms with Gasteiger partial charge in [0.25, 0.3) is 0 Å². The molecule has 3 aromatic rings. The number of benzene rings is 1. The monoisotopic (exact) mass is 212 g/mol. The molecule has 0 radical (unpaired) electrons. The topological polar surface area (TPSA) is 82.5 Å². The summed E-state index contributed by atoms with van der Waals surface area (Å²) in [6, 6.07) is 7.63. The van der Waals surface area contributed by atoms with Gasteiger partial charge >= 0.3 is 0 Å². The van der Waals surface area contributed by atoms with Crippen LogP contribution in [0.1, 0.15) is 0 Å². The van der Waals surface area contributed by atoms with Crippen molar-refractivity contribution in [3.05, 3.63) is 36.7 Å². The van der Waals surface area contributed by atoms with Crippen molar-refractivity contribution in [3.63, 3.8) is 0 Å². The lowest BCUT2D eigenvalue weighted by atomic mass is 10.3. The van der Waals surface area contributed by atoms with E-state index in [9.17, 15) is 0 Å². The summed E-state index contributed by atoms with van der Waals surface area (Å²) >= 11 is 0. The van der Waals surface area contributed by atoms with E-state index in [1.54, 1.807) is 10.9 Å². The Bertz CT molecular complexity index is 644. The minimum Gasteiger partial charge on any atom is -0.382 e. The van der Waals surface area contributed by atoms with Gasteiger partial charge in [-0.2, -0.15) is 4.68 Å². The van der Waals surface area contributed by atoms with Crippen LogP contribution in [0.25, 0.3) is 16.9 Å². The molecule has 0 bridgehead atoms. The summed E-state index contributed by atoms with van der Waals surface area (Å²) in [5.74, 6) is 0.922. The Kier molecular flexibility index (Phi) is 1.79. The highest BCUT2D eigenvalue weighted by Crippen LogP contribution is 2.13. The molecule has 0 fully saturated rings. The van der Waals surface area contributed by atoms with E-state index in [1.165, 1.54) is 6.20 Å². The Morgan fingerprint density at radius 2 is 2.00 bits per heavy atom. The number of hydrogen-bond acceptors (Lipinski definition) is 5. The lowest BCUT2D eigenvalue weighted by Gasteiger charge is -2.00. The maximum Gasteiger partial charge on any atom is 0.176 e. The van der Waals surface area contributed by atoms with Crippen LogP contribution in [0.5, 0.6) is 0 Å². The zero-order valence-corrected chi connectivity index (χ0v) is 8.28. The van der Waals surface area contributed by atoms with Gasteiger partial charge < -0.3 is 5.73 Å². The van der Waals surface area contributed by atoms with Crippen molar-refractivity contribution in [2.75, 3.05) is 5.73 Å². The van der Waals surface area contributed by atoms with Crippen LogP contribution >= 0.6 is 0 Å². The standard InChI is InChI=1S/C10H8N6/c11-9-5-12-6-10(13-9)16-8-4-2-1-3-7(8)14-15-16/h1-6H,(H2,11,13). The van der Waals surface area contributed by atoms with Gasteiger partial charge in [-0.05, 0) is 12.1 Å². The van der Waals surface area contributed by atoms with E-state index in [-0.39, 0.29) is 0 Å². The van der Waals surface area contributed by atoms with E-state index < -0.39 is 0 Å². The second-order valence-corrected chi connectivity index (χ2v) is 3.29. The smallest absolute Gasteiger partial charge is 0.176 e. The maximum atomic E-state index is 5.57. The fraction of sp³-hybridized carbons (Fsp3) is 0. The molecule has 0 amide bonds. The third-order valence-corrected chi connectivity index (χ3v) is 2.21. The predicted octanol–water partition coefficient (Wildman–Crippen LogP) is 0.793. The van der Waals surface area contributed by atoms with Gasteiger partial charge in [-0.1, -0.05) is 17.3 Å². The van der Waals surface area contributed by atoms with Crippen LogP contribution in [0.4, 0.5) is 5.82 Å². The molecule has 2 N–H and O–H groups in total. The number of rotatable bonds is 1. The first-order chi connectivity index (χ1) is 7.84. The molecule has 0 unspecified atom stereocenters. The van der Waals surface area contributed by atoms with Gasteiger partial charge in [-0.15, -0.1) is 5.10 Å². The molecule has 1 aromatic carbocycles. The fourth-order valence-electron chi connectivity index (χ4n) is 1.51. The van der Waals surface area contributed by atoms with Gasteiger partial charge in [0.05, 0.1) is 17.9 Å². The summed E-state index contributed by atoms with van der Waals surface area (Å²) in [5, 5.41) is 8.04. The van der Waals surface area contributed by atoms with Gasteiger partial charge in [0.2, 0.25) is 0 Å². The van der Waals surface area contributed by atoms with Crippen molar-refractivity contribution in [1.82, 2.24) is 25.0 Å². The highest BCUT2D eigenvalue weighted by atomic mass is 15.4. The number of nitrogens with zero attached hydrogens (tertiary/aromatic N) is 5. The van der Waals surface area contributed by atoms with Gasteiger partial charge in [-0.3, -0.25) is 4.98 Å². The summed E-state index contributed by atoms with van der Waals surface area (Å²) in [6.45, 7) is 0. The van der Waals surface area contributed by atoms with E-state index in [0.29, 0.717) is 11.6 Å². The summed E-state index contributed by atoms with van der Waals surface area (Å²) in [5.41, 5.74) is 7.26. The van der Waals surface area contributed by atoms with E-state index >= 15 is 0 Å². The minimum atomic E-state index is 0.358. The third kappa shape index (κ3) is 1.28. The Labute approximate surface area is 90.7 Å². The molecule has 0 atom stereocenters. The SMILES string of the molecule is Nc1cncc(-n2nnc3ccccc32)n1. The average molecular weight is 212 g/mol. The summed E-state index contributed by atoms with van der Waals surface area (Å²) in [7, 11) is 0. The maximum absolute atomic E-state index is 5.57. The number of fused-ring (bicyclic) bond motifs is 1. The molecule has 0 aliphatic rings. The van der Waals surface area contributed by atoms with Crippen LogP contribution < -0.4 is 5.73 Å². The molecule has 2 heterocycles. The molecule has 0 saturated heterocycles. The Morgan fingerprint density at radius 3 is 2.88 bits per heavy atom. The molecule has 16 heavy (non-hydrogen) atoms. The quantitative estimate of drug-likeness (QED) is 0.644. The van der Waals surface area contributed by atoms with E-state index in [4.69, 9.17) is 5.73 Å². The summed E-state index contributed by atoms with van der Waals surface area (Å²) in [4.78, 5) is 8.11. The molecule has 6 nitrogen and oxygen atoms in total. The number of para-hydroxylation sites is 1. The molecule has 2 aromatic heterocycles. The molecule has 6 heteroatoms. The highest BCUT2D eigenvalue weighted by molar-refractivity contribution is 5.75. The third-order valence-electron chi connectivity index (χ3n) is 2.21. The molecule has 3 rings (SSSR count). The Morgan fingerprint density at radius 1 is 1.12 bits per heavy atom. The Hall–Kier alpha value is -2.50. The first-order valence-corrected chi connectivity index (χ1v) is 4.73.